The number of esters is 1. The lowest BCUT2D eigenvalue weighted by atomic mass is 9.86. The standard InChI is InChI=1S/C28H30N2O5/c1-5-33-25-15-18(8-13-23(25)35-27(32)24-7-6-14-34-24)17-29-30-26(31)22-16-21(22)19-9-11-20(12-10-19)28(2,3)4/h6-15,17,21-22H,5,16H2,1-4H3,(H,30,31)/b29-17+/t21-,22+/m1/s1. The molecule has 0 bridgehead atoms. The van der Waals surface area contributed by atoms with Gasteiger partial charge in [0.2, 0.25) is 11.7 Å². The zero-order valence-electron chi connectivity index (χ0n) is 20.4. The van der Waals surface area contributed by atoms with E-state index in [1.807, 2.05) is 6.92 Å². The first-order chi connectivity index (χ1) is 16.8. The molecule has 182 valence electrons. The lowest BCUT2D eigenvalue weighted by molar-refractivity contribution is -0.122. The quantitative estimate of drug-likeness (QED) is 0.203. The Morgan fingerprint density at radius 2 is 1.89 bits per heavy atom. The van der Waals surface area contributed by atoms with E-state index in [1.54, 1.807) is 24.3 Å². The second-order valence-corrected chi connectivity index (χ2v) is 9.56. The van der Waals surface area contributed by atoms with E-state index in [2.05, 4.69) is 55.6 Å². The summed E-state index contributed by atoms with van der Waals surface area (Å²) in [6.45, 7) is 8.79. The minimum Gasteiger partial charge on any atom is -0.490 e. The van der Waals surface area contributed by atoms with Gasteiger partial charge < -0.3 is 13.9 Å². The van der Waals surface area contributed by atoms with Crippen LogP contribution in [-0.2, 0) is 10.2 Å². The van der Waals surface area contributed by atoms with Crippen molar-refractivity contribution in [2.24, 2.45) is 11.0 Å². The van der Waals surface area contributed by atoms with Gasteiger partial charge in [-0.25, -0.2) is 10.2 Å². The molecule has 35 heavy (non-hydrogen) atoms. The highest BCUT2D eigenvalue weighted by Crippen LogP contribution is 2.47. The van der Waals surface area contributed by atoms with Crippen LogP contribution < -0.4 is 14.9 Å². The summed E-state index contributed by atoms with van der Waals surface area (Å²) in [6, 6.07) is 16.7. The van der Waals surface area contributed by atoms with Crippen LogP contribution in [0.1, 0.15) is 67.3 Å². The van der Waals surface area contributed by atoms with Crippen LogP contribution in [0.2, 0.25) is 0 Å². The molecular weight excluding hydrogens is 444 g/mol. The summed E-state index contributed by atoms with van der Waals surface area (Å²) in [5.41, 5.74) is 5.90. The van der Waals surface area contributed by atoms with Gasteiger partial charge in [0.1, 0.15) is 0 Å². The molecule has 2 aromatic carbocycles. The van der Waals surface area contributed by atoms with Gasteiger partial charge in [-0.2, -0.15) is 5.10 Å². The Labute approximate surface area is 205 Å². The van der Waals surface area contributed by atoms with Gasteiger partial charge in [-0.15, -0.1) is 0 Å². The number of ether oxygens (including phenoxy) is 2. The van der Waals surface area contributed by atoms with E-state index in [-0.39, 0.29) is 34.7 Å². The fraction of sp³-hybridized carbons (Fsp3) is 0.321. The van der Waals surface area contributed by atoms with Gasteiger partial charge in [0.15, 0.2) is 11.5 Å². The molecule has 1 saturated carbocycles. The van der Waals surface area contributed by atoms with Gasteiger partial charge in [0.05, 0.1) is 19.1 Å². The molecule has 4 rings (SSSR count). The fourth-order valence-corrected chi connectivity index (χ4v) is 3.84. The zero-order valence-corrected chi connectivity index (χ0v) is 20.4. The van der Waals surface area contributed by atoms with Crippen LogP contribution in [-0.4, -0.2) is 24.7 Å². The minimum absolute atomic E-state index is 0.0741. The van der Waals surface area contributed by atoms with Crippen molar-refractivity contribution in [3.8, 4) is 11.5 Å². The molecular formula is C28H30N2O5. The number of furan rings is 1. The average Bonchev–Trinajstić information content (AvgIpc) is 3.44. The zero-order chi connectivity index (χ0) is 25.0. The van der Waals surface area contributed by atoms with Crippen LogP contribution >= 0.6 is 0 Å². The summed E-state index contributed by atoms with van der Waals surface area (Å²) >= 11 is 0. The molecule has 7 heteroatoms. The van der Waals surface area contributed by atoms with E-state index < -0.39 is 5.97 Å². The fourth-order valence-electron chi connectivity index (χ4n) is 3.84. The number of amides is 1. The number of carbonyl (C=O) groups is 2. The van der Waals surface area contributed by atoms with Gasteiger partial charge >= 0.3 is 5.97 Å². The molecule has 0 aliphatic heterocycles. The number of carbonyl (C=O) groups excluding carboxylic acids is 2. The van der Waals surface area contributed by atoms with E-state index in [9.17, 15) is 9.59 Å². The minimum atomic E-state index is -0.614. The van der Waals surface area contributed by atoms with Gasteiger partial charge in [0, 0.05) is 5.92 Å². The van der Waals surface area contributed by atoms with E-state index >= 15 is 0 Å². The van der Waals surface area contributed by atoms with Crippen LogP contribution in [0.5, 0.6) is 11.5 Å². The molecule has 1 aromatic heterocycles. The first kappa shape index (κ1) is 24.3. The van der Waals surface area contributed by atoms with E-state index in [4.69, 9.17) is 13.9 Å². The molecule has 1 N–H and O–H groups in total. The van der Waals surface area contributed by atoms with Crippen molar-refractivity contribution >= 4 is 18.1 Å². The maximum Gasteiger partial charge on any atom is 0.379 e. The molecule has 0 radical (unpaired) electrons. The number of hydrazone groups is 1. The Balaban J connectivity index is 1.34. The number of hydrogen-bond acceptors (Lipinski definition) is 6. The van der Waals surface area contributed by atoms with Crippen molar-refractivity contribution in [1.29, 1.82) is 0 Å². The Morgan fingerprint density at radius 1 is 1.11 bits per heavy atom. The molecule has 0 spiro atoms. The van der Waals surface area contributed by atoms with Crippen molar-refractivity contribution in [1.82, 2.24) is 5.43 Å². The second kappa shape index (κ2) is 10.2. The first-order valence-corrected chi connectivity index (χ1v) is 11.7. The molecule has 2 atom stereocenters. The van der Waals surface area contributed by atoms with Crippen LogP contribution in [0.15, 0.2) is 70.4 Å². The van der Waals surface area contributed by atoms with Gasteiger partial charge in [-0.1, -0.05) is 45.0 Å². The summed E-state index contributed by atoms with van der Waals surface area (Å²) in [4.78, 5) is 24.7. The maximum absolute atomic E-state index is 12.5. The largest absolute Gasteiger partial charge is 0.490 e. The molecule has 1 heterocycles. The summed E-state index contributed by atoms with van der Waals surface area (Å²) in [5.74, 6) is 0.208. The molecule has 1 fully saturated rings. The summed E-state index contributed by atoms with van der Waals surface area (Å²) < 4.78 is 16.1. The number of benzene rings is 2. The highest BCUT2D eigenvalue weighted by atomic mass is 16.6. The number of nitrogens with zero attached hydrogens (tertiary/aromatic N) is 1. The Hall–Kier alpha value is -3.87. The van der Waals surface area contributed by atoms with Crippen molar-refractivity contribution in [2.45, 2.75) is 45.4 Å². The smallest absolute Gasteiger partial charge is 0.379 e. The molecule has 1 aliphatic carbocycles. The van der Waals surface area contributed by atoms with Crippen LogP contribution in [0.3, 0.4) is 0 Å². The maximum atomic E-state index is 12.5. The van der Waals surface area contributed by atoms with Crippen LogP contribution in [0, 0.1) is 5.92 Å². The SMILES string of the molecule is CCOc1cc(/C=N/NC(=O)[C@H]2C[C@@H]2c2ccc(C(C)(C)C)cc2)ccc1OC(=O)c1ccco1. The van der Waals surface area contributed by atoms with Crippen molar-refractivity contribution in [3.05, 3.63) is 83.3 Å². The summed E-state index contributed by atoms with van der Waals surface area (Å²) in [5, 5.41) is 4.11. The molecule has 0 unspecified atom stereocenters. The number of hydrogen-bond donors (Lipinski definition) is 1. The third kappa shape index (κ3) is 5.98. The molecule has 3 aromatic rings. The Morgan fingerprint density at radius 3 is 2.54 bits per heavy atom. The Kier molecular flexibility index (Phi) is 7.05. The van der Waals surface area contributed by atoms with Crippen molar-refractivity contribution in [3.63, 3.8) is 0 Å². The Bertz CT molecular complexity index is 1210. The lowest BCUT2D eigenvalue weighted by Crippen LogP contribution is -2.20. The van der Waals surface area contributed by atoms with E-state index in [1.165, 1.54) is 29.7 Å². The molecule has 0 saturated heterocycles. The van der Waals surface area contributed by atoms with Crippen molar-refractivity contribution in [2.75, 3.05) is 6.61 Å². The molecule has 1 aliphatic rings. The topological polar surface area (TPSA) is 90.1 Å². The van der Waals surface area contributed by atoms with E-state index in [0.29, 0.717) is 17.9 Å². The highest BCUT2D eigenvalue weighted by molar-refractivity contribution is 5.89. The van der Waals surface area contributed by atoms with Gasteiger partial charge in [-0.05, 0) is 71.7 Å². The summed E-state index contributed by atoms with van der Waals surface area (Å²) in [6.07, 6.45) is 3.76. The normalized spacial score (nSPS) is 17.3. The number of nitrogens with one attached hydrogen (secondary N) is 1. The monoisotopic (exact) mass is 474 g/mol. The third-order valence-electron chi connectivity index (χ3n) is 5.91. The average molecular weight is 475 g/mol. The first-order valence-electron chi connectivity index (χ1n) is 11.7. The highest BCUT2D eigenvalue weighted by Gasteiger charge is 2.44. The third-order valence-corrected chi connectivity index (χ3v) is 5.91. The molecule has 1 amide bonds. The van der Waals surface area contributed by atoms with Gasteiger partial charge in [-0.3, -0.25) is 4.79 Å². The molecule has 7 nitrogen and oxygen atoms in total. The van der Waals surface area contributed by atoms with Crippen molar-refractivity contribution < 1.29 is 23.5 Å². The second-order valence-electron chi connectivity index (χ2n) is 9.56. The number of rotatable bonds is 8. The summed E-state index contributed by atoms with van der Waals surface area (Å²) in [7, 11) is 0. The van der Waals surface area contributed by atoms with Gasteiger partial charge in [0.25, 0.3) is 0 Å². The predicted molar refractivity (Wildman–Crippen MR) is 133 cm³/mol. The van der Waals surface area contributed by atoms with Crippen LogP contribution in [0.4, 0.5) is 0 Å². The van der Waals surface area contributed by atoms with E-state index in [0.717, 1.165) is 6.42 Å². The lowest BCUT2D eigenvalue weighted by Gasteiger charge is -2.19. The van der Waals surface area contributed by atoms with Crippen LogP contribution in [0.25, 0.3) is 0 Å². The predicted octanol–water partition coefficient (Wildman–Crippen LogP) is 5.45.